The van der Waals surface area contributed by atoms with Crippen LogP contribution in [0.5, 0.6) is 0 Å². The predicted molar refractivity (Wildman–Crippen MR) is 101 cm³/mol. The molecule has 1 aromatic carbocycles. The van der Waals surface area contributed by atoms with Crippen LogP contribution in [0, 0.1) is 0 Å². The number of benzene rings is 1. The zero-order chi connectivity index (χ0) is 20.1. The smallest absolute Gasteiger partial charge is 0.308 e. The van der Waals surface area contributed by atoms with Gasteiger partial charge >= 0.3 is 6.18 Å². The van der Waals surface area contributed by atoms with Gasteiger partial charge in [0, 0.05) is 31.7 Å². The summed E-state index contributed by atoms with van der Waals surface area (Å²) in [6.45, 7) is 0.563. The molecule has 0 N–H and O–H groups in total. The molecule has 0 saturated heterocycles. The van der Waals surface area contributed by atoms with Gasteiger partial charge in [-0.2, -0.15) is 13.2 Å². The molecule has 0 fully saturated rings. The van der Waals surface area contributed by atoms with Crippen molar-refractivity contribution in [2.75, 3.05) is 7.05 Å². The summed E-state index contributed by atoms with van der Waals surface area (Å²) in [4.78, 5) is 5.79. The Labute approximate surface area is 165 Å². The van der Waals surface area contributed by atoms with E-state index in [4.69, 9.17) is 0 Å². The summed E-state index contributed by atoms with van der Waals surface area (Å²) in [7, 11) is 3.63. The summed E-state index contributed by atoms with van der Waals surface area (Å²) in [5, 5.41) is 9.16. The van der Waals surface area contributed by atoms with E-state index in [0.717, 1.165) is 22.5 Å². The van der Waals surface area contributed by atoms with Gasteiger partial charge in [0.15, 0.2) is 5.16 Å². The highest BCUT2D eigenvalue weighted by Crippen LogP contribution is 2.32. The van der Waals surface area contributed by atoms with E-state index in [9.17, 15) is 13.2 Å². The fourth-order valence-electron chi connectivity index (χ4n) is 2.76. The maximum absolute atomic E-state index is 13.2. The summed E-state index contributed by atoms with van der Waals surface area (Å²) in [5.74, 6) is 1.44. The monoisotopic (exact) mass is 407 g/mol. The second-order valence-corrected chi connectivity index (χ2v) is 7.37. The number of alkyl halides is 3. The topological polar surface area (TPSA) is 46.8 Å². The molecule has 28 heavy (non-hydrogen) atoms. The van der Waals surface area contributed by atoms with Crippen molar-refractivity contribution in [2.24, 2.45) is 7.05 Å². The minimum Gasteiger partial charge on any atom is -0.308 e. The van der Waals surface area contributed by atoms with Crippen LogP contribution in [0.3, 0.4) is 0 Å². The minimum atomic E-state index is -4.36. The number of thioether (sulfide) groups is 1. The van der Waals surface area contributed by atoms with Gasteiger partial charge in [0.05, 0.1) is 12.1 Å². The zero-order valence-electron chi connectivity index (χ0n) is 15.5. The Balaban J connectivity index is 1.64. The fraction of sp³-hybridized carbons (Fsp3) is 0.316. The van der Waals surface area contributed by atoms with Crippen molar-refractivity contribution in [3.8, 4) is 0 Å². The maximum Gasteiger partial charge on any atom is 0.416 e. The summed E-state index contributed by atoms with van der Waals surface area (Å²) in [6, 6.07) is 9.52. The second kappa shape index (κ2) is 8.74. The first kappa shape index (κ1) is 20.3. The molecular weight excluding hydrogens is 387 g/mol. The molecule has 2 aromatic heterocycles. The van der Waals surface area contributed by atoms with Crippen LogP contribution >= 0.6 is 11.8 Å². The fourth-order valence-corrected chi connectivity index (χ4v) is 3.64. The number of rotatable bonds is 7. The number of halogens is 3. The highest BCUT2D eigenvalue weighted by Gasteiger charge is 2.33. The molecule has 0 atom stereocenters. The molecule has 0 saturated carbocycles. The Morgan fingerprint density at radius 2 is 1.75 bits per heavy atom. The van der Waals surface area contributed by atoms with Crippen molar-refractivity contribution in [3.05, 3.63) is 71.3 Å². The van der Waals surface area contributed by atoms with E-state index in [2.05, 4.69) is 15.2 Å². The van der Waals surface area contributed by atoms with Gasteiger partial charge in [-0.1, -0.05) is 30.0 Å². The van der Waals surface area contributed by atoms with Crippen LogP contribution in [0.15, 0.2) is 53.9 Å². The second-order valence-electron chi connectivity index (χ2n) is 6.43. The average molecular weight is 407 g/mol. The molecule has 2 heterocycles. The van der Waals surface area contributed by atoms with Crippen LogP contribution in [-0.2, 0) is 32.1 Å². The summed E-state index contributed by atoms with van der Waals surface area (Å²) >= 11 is 1.55. The molecule has 0 aliphatic rings. The Kier molecular flexibility index (Phi) is 6.35. The Morgan fingerprint density at radius 1 is 1.04 bits per heavy atom. The van der Waals surface area contributed by atoms with E-state index in [0.29, 0.717) is 12.4 Å². The third-order valence-corrected chi connectivity index (χ3v) is 5.31. The van der Waals surface area contributed by atoms with Crippen LogP contribution in [0.4, 0.5) is 13.2 Å². The van der Waals surface area contributed by atoms with Gasteiger partial charge in [0.25, 0.3) is 0 Å². The molecule has 0 aliphatic carbocycles. The highest BCUT2D eigenvalue weighted by molar-refractivity contribution is 7.98. The van der Waals surface area contributed by atoms with E-state index in [1.54, 1.807) is 42.2 Å². The highest BCUT2D eigenvalue weighted by atomic mass is 32.2. The van der Waals surface area contributed by atoms with Crippen LogP contribution in [0.1, 0.15) is 22.5 Å². The van der Waals surface area contributed by atoms with Gasteiger partial charge in [-0.15, -0.1) is 10.2 Å². The third kappa shape index (κ3) is 5.11. The molecule has 3 rings (SSSR count). The molecule has 0 amide bonds. The van der Waals surface area contributed by atoms with Gasteiger partial charge in [-0.25, -0.2) is 0 Å². The van der Waals surface area contributed by atoms with E-state index in [1.165, 1.54) is 12.1 Å². The Bertz CT molecular complexity index is 911. The molecule has 0 unspecified atom stereocenters. The quantitative estimate of drug-likeness (QED) is 0.551. The normalized spacial score (nSPS) is 11.9. The first-order chi connectivity index (χ1) is 13.3. The van der Waals surface area contributed by atoms with E-state index in [1.807, 2.05) is 23.7 Å². The van der Waals surface area contributed by atoms with Crippen molar-refractivity contribution in [1.82, 2.24) is 24.6 Å². The molecule has 5 nitrogen and oxygen atoms in total. The number of nitrogens with zero attached hydrogens (tertiary/aromatic N) is 5. The molecule has 0 radical (unpaired) electrons. The lowest BCUT2D eigenvalue weighted by Crippen LogP contribution is -2.22. The van der Waals surface area contributed by atoms with E-state index in [-0.39, 0.29) is 12.1 Å². The zero-order valence-corrected chi connectivity index (χ0v) is 16.3. The van der Waals surface area contributed by atoms with Gasteiger partial charge < -0.3 is 4.57 Å². The lowest BCUT2D eigenvalue weighted by molar-refractivity contribution is -0.138. The van der Waals surface area contributed by atoms with Crippen LogP contribution in [0.25, 0.3) is 0 Å². The first-order valence-electron chi connectivity index (χ1n) is 8.58. The number of hydrogen-bond acceptors (Lipinski definition) is 5. The SMILES string of the molecule is CN(Cc1ccccc1C(F)(F)F)Cc1nnc(SCc2ccncc2)n1C. The Morgan fingerprint density at radius 3 is 2.46 bits per heavy atom. The molecular formula is C19H20F3N5S. The van der Waals surface area contributed by atoms with Crippen LogP contribution < -0.4 is 0 Å². The third-order valence-electron chi connectivity index (χ3n) is 4.22. The number of aromatic nitrogens is 4. The lowest BCUT2D eigenvalue weighted by Gasteiger charge is -2.19. The molecule has 3 aromatic rings. The van der Waals surface area contributed by atoms with Crippen LogP contribution in [0.2, 0.25) is 0 Å². The average Bonchev–Trinajstić information content (AvgIpc) is 3.00. The molecule has 148 valence electrons. The van der Waals surface area contributed by atoms with E-state index >= 15 is 0 Å². The summed E-state index contributed by atoms with van der Waals surface area (Å²) in [6.07, 6.45) is -0.879. The van der Waals surface area contributed by atoms with Crippen molar-refractivity contribution in [1.29, 1.82) is 0 Å². The summed E-state index contributed by atoms with van der Waals surface area (Å²) < 4.78 is 41.4. The largest absolute Gasteiger partial charge is 0.416 e. The first-order valence-corrected chi connectivity index (χ1v) is 9.57. The Hall–Kier alpha value is -2.39. The predicted octanol–water partition coefficient (Wildman–Crippen LogP) is 4.15. The number of hydrogen-bond donors (Lipinski definition) is 0. The van der Waals surface area contributed by atoms with Gasteiger partial charge in [0.2, 0.25) is 0 Å². The molecule has 9 heteroatoms. The molecule has 0 spiro atoms. The van der Waals surface area contributed by atoms with Crippen molar-refractivity contribution < 1.29 is 13.2 Å². The molecule has 0 aliphatic heterocycles. The van der Waals surface area contributed by atoms with Gasteiger partial charge in [-0.05, 0) is 36.4 Å². The van der Waals surface area contributed by atoms with Crippen molar-refractivity contribution in [3.63, 3.8) is 0 Å². The minimum absolute atomic E-state index is 0.169. The van der Waals surface area contributed by atoms with Gasteiger partial charge in [0.1, 0.15) is 5.82 Å². The van der Waals surface area contributed by atoms with E-state index < -0.39 is 11.7 Å². The molecule has 0 bridgehead atoms. The van der Waals surface area contributed by atoms with Crippen molar-refractivity contribution >= 4 is 11.8 Å². The van der Waals surface area contributed by atoms with Crippen LogP contribution in [-0.4, -0.2) is 31.7 Å². The lowest BCUT2D eigenvalue weighted by atomic mass is 10.1. The van der Waals surface area contributed by atoms with Gasteiger partial charge in [-0.3, -0.25) is 9.88 Å². The standard InChI is InChI=1S/C19H20F3N5S/c1-26(11-15-5-3-4-6-16(15)19(20,21)22)12-17-24-25-18(27(17)2)28-13-14-7-9-23-10-8-14/h3-10H,11-13H2,1-2H3. The summed E-state index contributed by atoms with van der Waals surface area (Å²) in [5.41, 5.74) is 0.769. The number of pyridine rings is 1. The van der Waals surface area contributed by atoms with Crippen molar-refractivity contribution in [2.45, 2.75) is 30.2 Å². The maximum atomic E-state index is 13.2.